The summed E-state index contributed by atoms with van der Waals surface area (Å²) in [6, 6.07) is 14.4. The van der Waals surface area contributed by atoms with Crippen molar-refractivity contribution in [3.63, 3.8) is 0 Å². The lowest BCUT2D eigenvalue weighted by molar-refractivity contribution is -0.0205. The largest absolute Gasteiger partial charge is 0.394 e. The number of aliphatic hydroxyl groups excluding tert-OH is 2. The number of ether oxygens (including phenoxy) is 1. The lowest BCUT2D eigenvalue weighted by Gasteiger charge is -2.40. The number of aliphatic hydroxyl groups is 2. The van der Waals surface area contributed by atoms with Crippen LogP contribution in [0.25, 0.3) is 0 Å². The Morgan fingerprint density at radius 1 is 1.06 bits per heavy atom. The van der Waals surface area contributed by atoms with Crippen molar-refractivity contribution in [1.82, 2.24) is 15.2 Å². The van der Waals surface area contributed by atoms with Gasteiger partial charge in [-0.1, -0.05) is 24.3 Å². The molecule has 4 N–H and O–H groups in total. The van der Waals surface area contributed by atoms with Crippen molar-refractivity contribution in [3.8, 4) is 0 Å². The van der Waals surface area contributed by atoms with Crippen molar-refractivity contribution in [3.05, 3.63) is 54.7 Å². The van der Waals surface area contributed by atoms with Gasteiger partial charge in [0.2, 0.25) is 0 Å². The Morgan fingerprint density at radius 3 is 2.48 bits per heavy atom. The smallest absolute Gasteiger partial charge is 0.319 e. The highest BCUT2D eigenvalue weighted by atomic mass is 16.5. The molecule has 0 bridgehead atoms. The zero-order valence-electron chi connectivity index (χ0n) is 17.3. The van der Waals surface area contributed by atoms with Crippen LogP contribution in [-0.2, 0) is 4.74 Å². The predicted molar refractivity (Wildman–Crippen MR) is 117 cm³/mol. The average molecular weight is 428 g/mol. The summed E-state index contributed by atoms with van der Waals surface area (Å²) in [5.41, 5.74) is 0.697. The second-order valence-electron chi connectivity index (χ2n) is 7.79. The van der Waals surface area contributed by atoms with Crippen molar-refractivity contribution in [2.75, 3.05) is 49.5 Å². The van der Waals surface area contributed by atoms with Gasteiger partial charge in [0.1, 0.15) is 18.0 Å². The van der Waals surface area contributed by atoms with Crippen molar-refractivity contribution < 1.29 is 19.7 Å². The molecule has 2 aromatic rings. The summed E-state index contributed by atoms with van der Waals surface area (Å²) in [4.78, 5) is 21.1. The average Bonchev–Trinajstić information content (AvgIpc) is 3.14. The number of amides is 2. The summed E-state index contributed by atoms with van der Waals surface area (Å²) in [7, 11) is 0. The number of nitrogens with one attached hydrogen (secondary N) is 2. The lowest BCUT2D eigenvalue weighted by Crippen LogP contribution is -2.57. The van der Waals surface area contributed by atoms with E-state index < -0.39 is 18.3 Å². The van der Waals surface area contributed by atoms with E-state index in [1.54, 1.807) is 18.3 Å². The second-order valence-corrected chi connectivity index (χ2v) is 7.79. The fourth-order valence-corrected chi connectivity index (χ4v) is 4.28. The standard InChI is InChI=1S/C22H29N5O4/c28-15-18-21(29)20(27-12-10-26(11-13-27)19-8-4-5-9-23-19)17(31-18)14-24-22(30)25-16-6-2-1-3-7-16/h1-9,17-18,20-21,28-29H,10-15H2,(H2,24,25,30). The third-order valence-corrected chi connectivity index (χ3v) is 5.85. The predicted octanol–water partition coefficient (Wildman–Crippen LogP) is 0.514. The van der Waals surface area contributed by atoms with Crippen molar-refractivity contribution in [1.29, 1.82) is 0 Å². The van der Waals surface area contributed by atoms with E-state index in [-0.39, 0.29) is 25.2 Å². The van der Waals surface area contributed by atoms with Gasteiger partial charge in [-0.2, -0.15) is 0 Å². The van der Waals surface area contributed by atoms with Gasteiger partial charge >= 0.3 is 6.03 Å². The van der Waals surface area contributed by atoms with Crippen LogP contribution in [0.2, 0.25) is 0 Å². The quantitative estimate of drug-likeness (QED) is 0.532. The molecule has 2 aliphatic rings. The molecule has 2 aliphatic heterocycles. The molecule has 166 valence electrons. The number of hydrogen-bond donors (Lipinski definition) is 4. The van der Waals surface area contributed by atoms with Gasteiger partial charge in [-0.25, -0.2) is 9.78 Å². The highest BCUT2D eigenvalue weighted by Gasteiger charge is 2.46. The first-order chi connectivity index (χ1) is 15.2. The van der Waals surface area contributed by atoms with Crippen LogP contribution in [0.15, 0.2) is 54.7 Å². The summed E-state index contributed by atoms with van der Waals surface area (Å²) in [5, 5.41) is 26.0. The Hall–Kier alpha value is -2.72. The maximum atomic E-state index is 12.3. The van der Waals surface area contributed by atoms with Gasteiger partial charge < -0.3 is 30.5 Å². The number of nitrogens with zero attached hydrogens (tertiary/aromatic N) is 3. The molecule has 4 atom stereocenters. The molecule has 4 rings (SSSR count). The molecule has 0 spiro atoms. The fraction of sp³-hybridized carbons (Fsp3) is 0.455. The Morgan fingerprint density at radius 2 is 1.81 bits per heavy atom. The molecule has 9 heteroatoms. The van der Waals surface area contributed by atoms with E-state index in [0.717, 1.165) is 32.0 Å². The number of urea groups is 1. The third-order valence-electron chi connectivity index (χ3n) is 5.85. The molecule has 1 aromatic carbocycles. The molecule has 0 saturated carbocycles. The topological polar surface area (TPSA) is 110 Å². The van der Waals surface area contributed by atoms with Crippen molar-refractivity contribution >= 4 is 17.5 Å². The fourth-order valence-electron chi connectivity index (χ4n) is 4.28. The molecule has 31 heavy (non-hydrogen) atoms. The van der Waals surface area contributed by atoms with E-state index in [2.05, 4.69) is 25.4 Å². The van der Waals surface area contributed by atoms with E-state index in [9.17, 15) is 15.0 Å². The molecule has 2 saturated heterocycles. The van der Waals surface area contributed by atoms with Crippen LogP contribution in [0, 0.1) is 0 Å². The van der Waals surface area contributed by atoms with Crippen LogP contribution in [0.4, 0.5) is 16.3 Å². The lowest BCUT2D eigenvalue weighted by atomic mass is 10.0. The van der Waals surface area contributed by atoms with Crippen LogP contribution in [0.1, 0.15) is 0 Å². The second kappa shape index (κ2) is 10.1. The van der Waals surface area contributed by atoms with Crippen LogP contribution in [0.5, 0.6) is 0 Å². The van der Waals surface area contributed by atoms with Crippen molar-refractivity contribution in [2.45, 2.75) is 24.4 Å². The first kappa shape index (κ1) is 21.5. The van der Waals surface area contributed by atoms with E-state index in [1.807, 2.05) is 36.4 Å². The molecule has 0 radical (unpaired) electrons. The highest BCUT2D eigenvalue weighted by molar-refractivity contribution is 5.89. The highest BCUT2D eigenvalue weighted by Crippen LogP contribution is 2.27. The van der Waals surface area contributed by atoms with E-state index in [4.69, 9.17) is 4.74 Å². The van der Waals surface area contributed by atoms with Gasteiger partial charge in [0.05, 0.1) is 18.8 Å². The number of para-hydroxylation sites is 1. The monoisotopic (exact) mass is 427 g/mol. The maximum Gasteiger partial charge on any atom is 0.319 e. The molecule has 3 heterocycles. The van der Waals surface area contributed by atoms with E-state index in [0.29, 0.717) is 5.69 Å². The molecule has 0 aliphatic carbocycles. The minimum atomic E-state index is -0.824. The third kappa shape index (κ3) is 5.13. The summed E-state index contributed by atoms with van der Waals surface area (Å²) in [5.74, 6) is 0.939. The number of rotatable bonds is 6. The van der Waals surface area contributed by atoms with Crippen LogP contribution >= 0.6 is 0 Å². The Balaban J connectivity index is 1.35. The summed E-state index contributed by atoms with van der Waals surface area (Å²) in [6.45, 7) is 2.98. The Kier molecular flexibility index (Phi) is 6.98. The number of carbonyl (C=O) groups excluding carboxylic acids is 1. The number of aromatic nitrogens is 1. The minimum absolute atomic E-state index is 0.233. The number of hydrogen-bond acceptors (Lipinski definition) is 7. The van der Waals surface area contributed by atoms with Crippen LogP contribution < -0.4 is 15.5 Å². The molecular weight excluding hydrogens is 398 g/mol. The number of benzene rings is 1. The van der Waals surface area contributed by atoms with Crippen molar-refractivity contribution in [2.24, 2.45) is 0 Å². The SMILES string of the molecule is O=C(NCC1OC(CO)C(O)C1N1CCN(c2ccccn2)CC1)Nc1ccccc1. The summed E-state index contributed by atoms with van der Waals surface area (Å²) < 4.78 is 5.89. The first-order valence-electron chi connectivity index (χ1n) is 10.6. The molecule has 2 amide bonds. The number of carbonyl (C=O) groups is 1. The van der Waals surface area contributed by atoms with Gasteiger partial charge in [0, 0.05) is 44.6 Å². The van der Waals surface area contributed by atoms with Gasteiger partial charge in [-0.05, 0) is 24.3 Å². The van der Waals surface area contributed by atoms with Gasteiger partial charge in [-0.15, -0.1) is 0 Å². The molecule has 2 fully saturated rings. The Bertz CT molecular complexity index is 832. The molecule has 9 nitrogen and oxygen atoms in total. The van der Waals surface area contributed by atoms with Gasteiger partial charge in [0.25, 0.3) is 0 Å². The molecular formula is C22H29N5O4. The zero-order chi connectivity index (χ0) is 21.6. The van der Waals surface area contributed by atoms with E-state index in [1.165, 1.54) is 0 Å². The first-order valence-corrected chi connectivity index (χ1v) is 10.6. The molecule has 4 unspecified atom stereocenters. The van der Waals surface area contributed by atoms with E-state index >= 15 is 0 Å². The van der Waals surface area contributed by atoms with Gasteiger partial charge in [-0.3, -0.25) is 4.90 Å². The zero-order valence-corrected chi connectivity index (χ0v) is 17.3. The van der Waals surface area contributed by atoms with Crippen LogP contribution in [-0.4, -0.2) is 89.8 Å². The molecule has 1 aromatic heterocycles. The summed E-state index contributed by atoms with van der Waals surface area (Å²) >= 11 is 0. The number of piperazine rings is 1. The Labute approximate surface area is 181 Å². The maximum absolute atomic E-state index is 12.3. The van der Waals surface area contributed by atoms with Gasteiger partial charge in [0.15, 0.2) is 0 Å². The minimum Gasteiger partial charge on any atom is -0.394 e. The summed E-state index contributed by atoms with van der Waals surface area (Å²) in [6.07, 6.45) is -0.127. The number of anilines is 2. The normalized spacial score (nSPS) is 26.6. The van der Waals surface area contributed by atoms with Crippen LogP contribution in [0.3, 0.4) is 0 Å². The number of pyridine rings is 1.